The van der Waals surface area contributed by atoms with E-state index in [-0.39, 0.29) is 5.91 Å². The van der Waals surface area contributed by atoms with Gasteiger partial charge in [0.05, 0.1) is 12.2 Å². The standard InChI is InChI=1S/C24H26ClN5O2/c1-3-4-5-14-32-20-12-6-17(7-13-20)22-21(16(2)28-24-26-15-27-30(22)24)23(31)29-19-10-8-18(25)9-11-19/h6-13,15,22H,3-5,14H2,1-2H3,(H,29,31)(H,26,27,28)/t22-/m0/s1. The Balaban J connectivity index is 1.60. The first-order chi connectivity index (χ1) is 15.6. The molecule has 0 aliphatic carbocycles. The van der Waals surface area contributed by atoms with E-state index in [4.69, 9.17) is 16.3 Å². The zero-order chi connectivity index (χ0) is 22.5. The summed E-state index contributed by atoms with van der Waals surface area (Å²) in [4.78, 5) is 17.6. The summed E-state index contributed by atoms with van der Waals surface area (Å²) in [7, 11) is 0. The minimum Gasteiger partial charge on any atom is -0.494 e. The predicted octanol–water partition coefficient (Wildman–Crippen LogP) is 5.43. The third-order valence-electron chi connectivity index (χ3n) is 5.35. The fourth-order valence-electron chi connectivity index (χ4n) is 3.71. The number of carbonyl (C=O) groups excluding carboxylic acids is 1. The summed E-state index contributed by atoms with van der Waals surface area (Å²) < 4.78 is 7.56. The average molecular weight is 452 g/mol. The molecule has 1 atom stereocenters. The van der Waals surface area contributed by atoms with Gasteiger partial charge >= 0.3 is 0 Å². The number of hydrogen-bond acceptors (Lipinski definition) is 5. The van der Waals surface area contributed by atoms with Crippen molar-refractivity contribution in [3.05, 3.63) is 76.7 Å². The van der Waals surface area contributed by atoms with E-state index in [9.17, 15) is 4.79 Å². The van der Waals surface area contributed by atoms with Crippen molar-refractivity contribution >= 4 is 29.1 Å². The Morgan fingerprint density at radius 3 is 2.62 bits per heavy atom. The second kappa shape index (κ2) is 9.87. The van der Waals surface area contributed by atoms with Gasteiger partial charge in [0.25, 0.3) is 5.91 Å². The van der Waals surface area contributed by atoms with Crippen LogP contribution in [0.2, 0.25) is 5.02 Å². The number of nitrogens with one attached hydrogen (secondary N) is 2. The minimum absolute atomic E-state index is 0.219. The molecule has 8 heteroatoms. The molecule has 3 aromatic rings. The average Bonchev–Trinajstić information content (AvgIpc) is 3.26. The van der Waals surface area contributed by atoms with E-state index in [2.05, 4.69) is 27.6 Å². The Hall–Kier alpha value is -3.32. The molecule has 1 aliphatic rings. The molecule has 1 aromatic heterocycles. The van der Waals surface area contributed by atoms with Crippen molar-refractivity contribution in [2.24, 2.45) is 0 Å². The highest BCUT2D eigenvalue weighted by atomic mass is 35.5. The molecule has 0 bridgehead atoms. The van der Waals surface area contributed by atoms with Crippen molar-refractivity contribution in [1.82, 2.24) is 14.8 Å². The van der Waals surface area contributed by atoms with E-state index in [1.54, 1.807) is 28.9 Å². The lowest BCUT2D eigenvalue weighted by Gasteiger charge is -2.28. The van der Waals surface area contributed by atoms with Gasteiger partial charge in [0.2, 0.25) is 5.95 Å². The van der Waals surface area contributed by atoms with Gasteiger partial charge in [-0.25, -0.2) is 4.68 Å². The zero-order valence-electron chi connectivity index (χ0n) is 18.1. The third kappa shape index (κ3) is 4.78. The Kier molecular flexibility index (Phi) is 6.75. The Bertz CT molecular complexity index is 1110. The van der Waals surface area contributed by atoms with Gasteiger partial charge in [-0.15, -0.1) is 0 Å². The van der Waals surface area contributed by atoms with Crippen molar-refractivity contribution in [3.8, 4) is 5.75 Å². The quantitative estimate of drug-likeness (QED) is 0.446. The van der Waals surface area contributed by atoms with Gasteiger partial charge in [0.15, 0.2) is 0 Å². The number of allylic oxidation sites excluding steroid dienone is 1. The maximum absolute atomic E-state index is 13.3. The van der Waals surface area contributed by atoms with Crippen molar-refractivity contribution in [2.75, 3.05) is 17.2 Å². The second-order valence-electron chi connectivity index (χ2n) is 7.68. The summed E-state index contributed by atoms with van der Waals surface area (Å²) in [6, 6.07) is 14.4. The molecule has 2 N–H and O–H groups in total. The van der Waals surface area contributed by atoms with Crippen LogP contribution in [0.5, 0.6) is 5.75 Å². The Morgan fingerprint density at radius 1 is 1.16 bits per heavy atom. The molecule has 1 aliphatic heterocycles. The molecular weight excluding hydrogens is 426 g/mol. The summed E-state index contributed by atoms with van der Waals surface area (Å²) in [5, 5.41) is 11.1. The predicted molar refractivity (Wildman–Crippen MR) is 126 cm³/mol. The third-order valence-corrected chi connectivity index (χ3v) is 5.61. The van der Waals surface area contributed by atoms with Gasteiger partial charge < -0.3 is 15.4 Å². The SMILES string of the molecule is CCCCCOc1ccc([C@H]2C(C(=O)Nc3ccc(Cl)cc3)=C(C)Nc3ncnn32)cc1. The Morgan fingerprint density at radius 2 is 1.91 bits per heavy atom. The van der Waals surface area contributed by atoms with Gasteiger partial charge in [-0.2, -0.15) is 10.1 Å². The number of benzene rings is 2. The molecule has 32 heavy (non-hydrogen) atoms. The largest absolute Gasteiger partial charge is 0.494 e. The number of hydrogen-bond donors (Lipinski definition) is 2. The number of fused-ring (bicyclic) bond motifs is 1. The molecule has 0 fully saturated rings. The van der Waals surface area contributed by atoms with Crippen LogP contribution in [-0.2, 0) is 4.79 Å². The Labute approximate surface area is 192 Å². The number of aromatic nitrogens is 3. The molecule has 0 radical (unpaired) electrons. The first kappa shape index (κ1) is 21.9. The van der Waals surface area contributed by atoms with Gasteiger partial charge in [0, 0.05) is 16.4 Å². The number of unbranched alkanes of at least 4 members (excludes halogenated alkanes) is 2. The fourth-order valence-corrected chi connectivity index (χ4v) is 3.84. The van der Waals surface area contributed by atoms with Crippen LogP contribution < -0.4 is 15.4 Å². The first-order valence-electron chi connectivity index (χ1n) is 10.7. The number of amides is 1. The van der Waals surface area contributed by atoms with Crippen LogP contribution in [0, 0.1) is 0 Å². The van der Waals surface area contributed by atoms with Crippen LogP contribution in [0.3, 0.4) is 0 Å². The van der Waals surface area contributed by atoms with Crippen LogP contribution >= 0.6 is 11.6 Å². The topological polar surface area (TPSA) is 81.1 Å². The number of anilines is 2. The van der Waals surface area contributed by atoms with Crippen LogP contribution in [0.4, 0.5) is 11.6 Å². The highest BCUT2D eigenvalue weighted by molar-refractivity contribution is 6.30. The number of nitrogens with zero attached hydrogens (tertiary/aromatic N) is 3. The maximum Gasteiger partial charge on any atom is 0.255 e. The van der Waals surface area contributed by atoms with Gasteiger partial charge in [0.1, 0.15) is 18.1 Å². The van der Waals surface area contributed by atoms with Crippen molar-refractivity contribution in [2.45, 2.75) is 39.2 Å². The van der Waals surface area contributed by atoms with Gasteiger partial charge in [-0.1, -0.05) is 43.5 Å². The summed E-state index contributed by atoms with van der Waals surface area (Å²) >= 11 is 5.97. The molecule has 1 amide bonds. The lowest BCUT2D eigenvalue weighted by Crippen LogP contribution is -2.31. The smallest absolute Gasteiger partial charge is 0.255 e. The molecule has 2 heterocycles. The van der Waals surface area contributed by atoms with E-state index in [1.807, 2.05) is 31.2 Å². The van der Waals surface area contributed by atoms with Gasteiger partial charge in [-0.05, 0) is 55.3 Å². The zero-order valence-corrected chi connectivity index (χ0v) is 18.9. The molecule has 4 rings (SSSR count). The van der Waals surface area contributed by atoms with E-state index < -0.39 is 6.04 Å². The maximum atomic E-state index is 13.3. The highest BCUT2D eigenvalue weighted by Crippen LogP contribution is 2.35. The lowest BCUT2D eigenvalue weighted by molar-refractivity contribution is -0.113. The van der Waals surface area contributed by atoms with Crippen molar-refractivity contribution in [1.29, 1.82) is 0 Å². The molecule has 2 aromatic carbocycles. The number of rotatable bonds is 8. The highest BCUT2D eigenvalue weighted by Gasteiger charge is 2.33. The van der Waals surface area contributed by atoms with Crippen LogP contribution in [0.1, 0.15) is 44.7 Å². The summed E-state index contributed by atoms with van der Waals surface area (Å²) in [6.07, 6.45) is 4.82. The second-order valence-corrected chi connectivity index (χ2v) is 8.12. The fraction of sp³-hybridized carbons (Fsp3) is 0.292. The molecule has 0 saturated carbocycles. The van der Waals surface area contributed by atoms with E-state index >= 15 is 0 Å². The van der Waals surface area contributed by atoms with E-state index in [1.165, 1.54) is 6.33 Å². The molecular formula is C24H26ClN5O2. The summed E-state index contributed by atoms with van der Waals surface area (Å²) in [6.45, 7) is 4.73. The number of ether oxygens (including phenoxy) is 1. The van der Waals surface area contributed by atoms with Gasteiger partial charge in [-0.3, -0.25) is 4.79 Å². The molecule has 0 saturated heterocycles. The number of carbonyl (C=O) groups is 1. The summed E-state index contributed by atoms with van der Waals surface area (Å²) in [5.41, 5.74) is 2.87. The minimum atomic E-state index is -0.421. The van der Waals surface area contributed by atoms with Crippen LogP contribution in [-0.4, -0.2) is 27.3 Å². The molecule has 0 spiro atoms. The van der Waals surface area contributed by atoms with E-state index in [0.29, 0.717) is 28.8 Å². The lowest BCUT2D eigenvalue weighted by atomic mass is 9.95. The normalized spacial score (nSPS) is 15.2. The van der Waals surface area contributed by atoms with E-state index in [0.717, 1.165) is 36.3 Å². The van der Waals surface area contributed by atoms with Crippen molar-refractivity contribution in [3.63, 3.8) is 0 Å². The molecule has 166 valence electrons. The monoisotopic (exact) mass is 451 g/mol. The van der Waals surface area contributed by atoms with Crippen LogP contribution in [0.25, 0.3) is 0 Å². The number of halogens is 1. The van der Waals surface area contributed by atoms with Crippen LogP contribution in [0.15, 0.2) is 66.1 Å². The summed E-state index contributed by atoms with van der Waals surface area (Å²) in [5.74, 6) is 1.18. The first-order valence-corrected chi connectivity index (χ1v) is 11.1. The molecule has 0 unspecified atom stereocenters. The molecule has 7 nitrogen and oxygen atoms in total. The van der Waals surface area contributed by atoms with Crippen molar-refractivity contribution < 1.29 is 9.53 Å².